The Hall–Kier alpha value is -3.21. The number of hydrogen-bond acceptors (Lipinski definition) is 4. The summed E-state index contributed by atoms with van der Waals surface area (Å²) in [5.74, 6) is 0.766. The van der Waals surface area contributed by atoms with Crippen molar-refractivity contribution in [2.45, 2.75) is 18.9 Å². The molecular formula is C22H19N3O2. The quantitative estimate of drug-likeness (QED) is 0.515. The van der Waals surface area contributed by atoms with Crippen LogP contribution in [0, 0.1) is 5.92 Å². The molecule has 0 amide bonds. The fourth-order valence-electron chi connectivity index (χ4n) is 3.84. The van der Waals surface area contributed by atoms with E-state index in [1.807, 2.05) is 36.8 Å². The molecule has 1 aliphatic rings. The molecule has 134 valence electrons. The third kappa shape index (κ3) is 2.67. The van der Waals surface area contributed by atoms with E-state index in [-0.39, 0.29) is 12.0 Å². The van der Waals surface area contributed by atoms with Crippen LogP contribution in [-0.2, 0) is 11.8 Å². The molecule has 0 saturated heterocycles. The van der Waals surface area contributed by atoms with Gasteiger partial charge in [0.2, 0.25) is 5.88 Å². The summed E-state index contributed by atoms with van der Waals surface area (Å²) in [6.45, 7) is 0. The zero-order valence-electron chi connectivity index (χ0n) is 15.0. The van der Waals surface area contributed by atoms with Crippen LogP contribution < -0.4 is 4.74 Å². The number of aldehydes is 1. The number of hydrogen-bond donors (Lipinski definition) is 0. The van der Waals surface area contributed by atoms with E-state index >= 15 is 0 Å². The number of aryl methyl sites for hydroxylation is 1. The van der Waals surface area contributed by atoms with Crippen LogP contribution in [0.3, 0.4) is 0 Å². The van der Waals surface area contributed by atoms with E-state index in [0.29, 0.717) is 5.88 Å². The van der Waals surface area contributed by atoms with E-state index in [0.717, 1.165) is 35.6 Å². The van der Waals surface area contributed by atoms with E-state index in [1.165, 1.54) is 16.4 Å². The molecule has 1 saturated carbocycles. The van der Waals surface area contributed by atoms with E-state index < -0.39 is 0 Å². The highest BCUT2D eigenvalue weighted by Crippen LogP contribution is 2.32. The second-order valence-electron chi connectivity index (χ2n) is 7.18. The van der Waals surface area contributed by atoms with Gasteiger partial charge in [-0.15, -0.1) is 0 Å². The average Bonchev–Trinajstić information content (AvgIpc) is 2.97. The minimum Gasteiger partial charge on any atom is -0.474 e. The number of aromatic nitrogens is 3. The standard InChI is InChI=1S/C22H19N3O2/c1-25-20-6-7-23-12-19(20)18-4-2-15(10-21(18)25)16-3-5-22(24-11-16)27-17-8-14(9-17)13-26/h2-7,10-14,17H,8-9H2,1H3. The summed E-state index contributed by atoms with van der Waals surface area (Å²) in [5.41, 5.74) is 4.51. The maximum Gasteiger partial charge on any atom is 0.213 e. The number of carbonyl (C=O) groups is 1. The van der Waals surface area contributed by atoms with Crippen molar-refractivity contribution in [1.82, 2.24) is 14.5 Å². The van der Waals surface area contributed by atoms with Gasteiger partial charge in [-0.25, -0.2) is 4.98 Å². The number of benzene rings is 1. The van der Waals surface area contributed by atoms with Gasteiger partial charge >= 0.3 is 0 Å². The minimum absolute atomic E-state index is 0.110. The highest BCUT2D eigenvalue weighted by Gasteiger charge is 2.30. The van der Waals surface area contributed by atoms with Crippen LogP contribution >= 0.6 is 0 Å². The molecule has 0 aliphatic heterocycles. The summed E-state index contributed by atoms with van der Waals surface area (Å²) in [7, 11) is 2.08. The molecule has 3 aromatic heterocycles. The Kier molecular flexibility index (Phi) is 3.67. The summed E-state index contributed by atoms with van der Waals surface area (Å²) < 4.78 is 8.02. The first kappa shape index (κ1) is 16.0. The Morgan fingerprint density at radius 2 is 1.89 bits per heavy atom. The van der Waals surface area contributed by atoms with Gasteiger partial charge in [-0.1, -0.05) is 12.1 Å². The Bertz CT molecular complexity index is 1140. The van der Waals surface area contributed by atoms with E-state index in [9.17, 15) is 4.79 Å². The molecule has 27 heavy (non-hydrogen) atoms. The molecule has 4 aromatic rings. The molecule has 0 atom stereocenters. The number of rotatable bonds is 4. The zero-order valence-corrected chi connectivity index (χ0v) is 15.0. The SMILES string of the molecule is Cn1c2ccncc2c2ccc(-c3ccc(OC4CC(C=O)C4)nc3)cc21. The van der Waals surface area contributed by atoms with Crippen molar-refractivity contribution in [2.75, 3.05) is 0 Å². The van der Waals surface area contributed by atoms with Crippen LogP contribution in [-0.4, -0.2) is 26.9 Å². The molecular weight excluding hydrogens is 338 g/mol. The molecule has 1 aromatic carbocycles. The van der Waals surface area contributed by atoms with Crippen molar-refractivity contribution in [3.05, 3.63) is 55.0 Å². The van der Waals surface area contributed by atoms with Gasteiger partial charge in [0.05, 0.1) is 5.52 Å². The van der Waals surface area contributed by atoms with E-state index in [1.54, 1.807) is 0 Å². The monoisotopic (exact) mass is 357 g/mol. The van der Waals surface area contributed by atoms with Crippen molar-refractivity contribution in [3.8, 4) is 17.0 Å². The number of pyridine rings is 2. The maximum absolute atomic E-state index is 10.7. The van der Waals surface area contributed by atoms with Crippen molar-refractivity contribution in [2.24, 2.45) is 13.0 Å². The number of carbonyl (C=O) groups excluding carboxylic acids is 1. The first-order chi connectivity index (χ1) is 13.2. The first-order valence-corrected chi connectivity index (χ1v) is 9.13. The number of nitrogens with zero attached hydrogens (tertiary/aromatic N) is 3. The van der Waals surface area contributed by atoms with Gasteiger partial charge in [0.15, 0.2) is 0 Å². The number of ether oxygens (including phenoxy) is 1. The molecule has 0 bridgehead atoms. The summed E-state index contributed by atoms with van der Waals surface area (Å²) in [4.78, 5) is 19.4. The Balaban J connectivity index is 1.44. The van der Waals surface area contributed by atoms with Crippen molar-refractivity contribution < 1.29 is 9.53 Å². The highest BCUT2D eigenvalue weighted by molar-refractivity contribution is 6.08. The molecule has 0 unspecified atom stereocenters. The lowest BCUT2D eigenvalue weighted by molar-refractivity contribution is -0.116. The predicted octanol–water partition coefficient (Wildman–Crippen LogP) is 4.14. The largest absolute Gasteiger partial charge is 0.474 e. The Labute approximate surface area is 156 Å². The second kappa shape index (κ2) is 6.20. The normalized spacial score (nSPS) is 19.1. The summed E-state index contributed by atoms with van der Waals surface area (Å²) >= 11 is 0. The third-order valence-electron chi connectivity index (χ3n) is 5.49. The lowest BCUT2D eigenvalue weighted by atomic mass is 9.83. The Morgan fingerprint density at radius 3 is 2.67 bits per heavy atom. The lowest BCUT2D eigenvalue weighted by Gasteiger charge is -2.31. The molecule has 0 radical (unpaired) electrons. The highest BCUT2D eigenvalue weighted by atomic mass is 16.5. The molecule has 3 heterocycles. The van der Waals surface area contributed by atoms with Crippen molar-refractivity contribution in [3.63, 3.8) is 0 Å². The topological polar surface area (TPSA) is 57.0 Å². The van der Waals surface area contributed by atoms with Crippen LogP contribution in [0.5, 0.6) is 5.88 Å². The fraction of sp³-hybridized carbons (Fsp3) is 0.227. The molecule has 0 spiro atoms. The van der Waals surface area contributed by atoms with Gasteiger partial charge < -0.3 is 14.1 Å². The summed E-state index contributed by atoms with van der Waals surface area (Å²) in [6.07, 6.45) is 8.29. The second-order valence-corrected chi connectivity index (χ2v) is 7.18. The minimum atomic E-state index is 0.110. The third-order valence-corrected chi connectivity index (χ3v) is 5.49. The van der Waals surface area contributed by atoms with Crippen LogP contribution in [0.25, 0.3) is 32.9 Å². The van der Waals surface area contributed by atoms with Gasteiger partial charge in [-0.2, -0.15) is 0 Å². The van der Waals surface area contributed by atoms with Crippen LogP contribution in [0.1, 0.15) is 12.8 Å². The van der Waals surface area contributed by atoms with E-state index in [2.05, 4.69) is 39.8 Å². The number of fused-ring (bicyclic) bond motifs is 3. The predicted molar refractivity (Wildman–Crippen MR) is 105 cm³/mol. The lowest BCUT2D eigenvalue weighted by Crippen LogP contribution is -2.34. The van der Waals surface area contributed by atoms with Crippen molar-refractivity contribution in [1.29, 1.82) is 0 Å². The van der Waals surface area contributed by atoms with Crippen LogP contribution in [0.2, 0.25) is 0 Å². The smallest absolute Gasteiger partial charge is 0.213 e. The molecule has 5 nitrogen and oxygen atoms in total. The molecule has 0 N–H and O–H groups in total. The summed E-state index contributed by atoms with van der Waals surface area (Å²) in [5, 5.41) is 2.37. The molecule has 1 aliphatic carbocycles. The fourth-order valence-corrected chi connectivity index (χ4v) is 3.84. The average molecular weight is 357 g/mol. The van der Waals surface area contributed by atoms with Crippen LogP contribution in [0.15, 0.2) is 55.0 Å². The van der Waals surface area contributed by atoms with Gasteiger partial charge in [-0.05, 0) is 36.6 Å². The van der Waals surface area contributed by atoms with E-state index in [4.69, 9.17) is 4.74 Å². The zero-order chi connectivity index (χ0) is 18.4. The van der Waals surface area contributed by atoms with Gasteiger partial charge in [0.25, 0.3) is 0 Å². The first-order valence-electron chi connectivity index (χ1n) is 9.13. The Morgan fingerprint density at radius 1 is 1.04 bits per heavy atom. The van der Waals surface area contributed by atoms with Crippen molar-refractivity contribution >= 4 is 28.1 Å². The molecule has 1 fully saturated rings. The van der Waals surface area contributed by atoms with Gasteiger partial charge in [-0.3, -0.25) is 4.98 Å². The van der Waals surface area contributed by atoms with Crippen LogP contribution in [0.4, 0.5) is 0 Å². The van der Waals surface area contributed by atoms with Gasteiger partial charge in [0.1, 0.15) is 12.4 Å². The molecule has 5 heteroatoms. The maximum atomic E-state index is 10.7. The molecule has 5 rings (SSSR count). The van der Waals surface area contributed by atoms with Gasteiger partial charge in [0, 0.05) is 59.5 Å². The summed E-state index contributed by atoms with van der Waals surface area (Å²) in [6, 6.07) is 12.4.